The van der Waals surface area contributed by atoms with Crippen LogP contribution in [0.2, 0.25) is 0 Å². The first-order valence-corrected chi connectivity index (χ1v) is 7.20. The van der Waals surface area contributed by atoms with Crippen molar-refractivity contribution in [2.75, 3.05) is 32.8 Å². The van der Waals surface area contributed by atoms with E-state index in [4.69, 9.17) is 4.74 Å². The highest BCUT2D eigenvalue weighted by molar-refractivity contribution is 5.14. The van der Waals surface area contributed by atoms with Crippen molar-refractivity contribution in [3.05, 3.63) is 35.9 Å². The lowest BCUT2D eigenvalue weighted by atomic mass is 9.87. The molecule has 2 saturated heterocycles. The van der Waals surface area contributed by atoms with Crippen LogP contribution in [0.3, 0.4) is 0 Å². The summed E-state index contributed by atoms with van der Waals surface area (Å²) in [5, 5.41) is 0. The zero-order valence-electron chi connectivity index (χ0n) is 11.1. The predicted octanol–water partition coefficient (Wildman–Crippen LogP) is 2.73. The predicted molar refractivity (Wildman–Crippen MR) is 73.7 cm³/mol. The maximum absolute atomic E-state index is 5.58. The van der Waals surface area contributed by atoms with Crippen LogP contribution in [0.15, 0.2) is 30.3 Å². The van der Waals surface area contributed by atoms with Gasteiger partial charge in [0.15, 0.2) is 0 Å². The number of ether oxygens (including phenoxy) is 1. The van der Waals surface area contributed by atoms with E-state index in [-0.39, 0.29) is 0 Å². The Kier molecular flexibility index (Phi) is 3.67. The molecule has 98 valence electrons. The Labute approximate surface area is 110 Å². The van der Waals surface area contributed by atoms with Crippen molar-refractivity contribution in [1.29, 1.82) is 0 Å². The van der Waals surface area contributed by atoms with Crippen molar-refractivity contribution in [2.45, 2.75) is 25.7 Å². The molecule has 2 heteroatoms. The molecule has 0 amide bonds. The van der Waals surface area contributed by atoms with Crippen molar-refractivity contribution in [3.63, 3.8) is 0 Å². The number of hydrogen-bond acceptors (Lipinski definition) is 2. The summed E-state index contributed by atoms with van der Waals surface area (Å²) in [5.74, 6) is 0. The SMILES string of the molecule is c1ccc(CCCN2CC[C@@]3(CCOC3)C2)cc1. The number of benzene rings is 1. The summed E-state index contributed by atoms with van der Waals surface area (Å²) in [4.78, 5) is 2.64. The number of rotatable bonds is 4. The second-order valence-electron chi connectivity index (χ2n) is 5.92. The average molecular weight is 245 g/mol. The summed E-state index contributed by atoms with van der Waals surface area (Å²) in [5.41, 5.74) is 1.99. The standard InChI is InChI=1S/C16H23NO/c1-2-5-15(6-3-1)7-4-10-17-11-8-16(13-17)9-12-18-14-16/h1-3,5-6H,4,7-14H2/t16-/m1/s1. The largest absolute Gasteiger partial charge is 0.381 e. The average Bonchev–Trinajstić information content (AvgIpc) is 3.02. The van der Waals surface area contributed by atoms with E-state index in [1.165, 1.54) is 50.9 Å². The van der Waals surface area contributed by atoms with Crippen LogP contribution in [-0.4, -0.2) is 37.7 Å². The molecular formula is C16H23NO. The van der Waals surface area contributed by atoms with Crippen molar-refractivity contribution >= 4 is 0 Å². The minimum atomic E-state index is 0.521. The van der Waals surface area contributed by atoms with E-state index in [9.17, 15) is 0 Å². The van der Waals surface area contributed by atoms with Gasteiger partial charge in [-0.1, -0.05) is 30.3 Å². The van der Waals surface area contributed by atoms with Crippen molar-refractivity contribution in [1.82, 2.24) is 4.90 Å². The Balaban J connectivity index is 1.42. The smallest absolute Gasteiger partial charge is 0.0536 e. The van der Waals surface area contributed by atoms with Crippen LogP contribution in [0.25, 0.3) is 0 Å². The molecule has 0 radical (unpaired) electrons. The molecule has 2 aliphatic heterocycles. The van der Waals surface area contributed by atoms with E-state index < -0.39 is 0 Å². The molecule has 2 nitrogen and oxygen atoms in total. The first-order chi connectivity index (χ1) is 8.86. The minimum Gasteiger partial charge on any atom is -0.381 e. The highest BCUT2D eigenvalue weighted by Crippen LogP contribution is 2.38. The lowest BCUT2D eigenvalue weighted by molar-refractivity contribution is 0.152. The molecule has 1 aromatic carbocycles. The molecule has 0 bridgehead atoms. The van der Waals surface area contributed by atoms with Gasteiger partial charge in [-0.3, -0.25) is 0 Å². The summed E-state index contributed by atoms with van der Waals surface area (Å²) in [6.45, 7) is 5.77. The molecule has 0 aromatic heterocycles. The molecule has 1 aromatic rings. The van der Waals surface area contributed by atoms with Crippen molar-refractivity contribution in [3.8, 4) is 0 Å². The van der Waals surface area contributed by atoms with Gasteiger partial charge in [-0.15, -0.1) is 0 Å². The van der Waals surface area contributed by atoms with E-state index in [0.717, 1.165) is 13.2 Å². The first-order valence-electron chi connectivity index (χ1n) is 7.20. The normalized spacial score (nSPS) is 28.2. The highest BCUT2D eigenvalue weighted by Gasteiger charge is 2.40. The number of hydrogen-bond donors (Lipinski definition) is 0. The summed E-state index contributed by atoms with van der Waals surface area (Å²) >= 11 is 0. The molecule has 1 spiro atoms. The van der Waals surface area contributed by atoms with Crippen LogP contribution in [0.5, 0.6) is 0 Å². The highest BCUT2D eigenvalue weighted by atomic mass is 16.5. The van der Waals surface area contributed by atoms with Gasteiger partial charge in [-0.2, -0.15) is 0 Å². The number of likely N-dealkylation sites (tertiary alicyclic amines) is 1. The molecule has 1 atom stereocenters. The lowest BCUT2D eigenvalue weighted by Gasteiger charge is -2.21. The third-order valence-corrected chi connectivity index (χ3v) is 4.48. The van der Waals surface area contributed by atoms with Gasteiger partial charge in [0.25, 0.3) is 0 Å². The molecule has 0 saturated carbocycles. The van der Waals surface area contributed by atoms with Crippen molar-refractivity contribution < 1.29 is 4.74 Å². The summed E-state index contributed by atoms with van der Waals surface area (Å²) in [6.07, 6.45) is 5.11. The van der Waals surface area contributed by atoms with Gasteiger partial charge in [0.05, 0.1) is 6.61 Å². The Morgan fingerprint density at radius 2 is 2.06 bits per heavy atom. The lowest BCUT2D eigenvalue weighted by Crippen LogP contribution is -2.28. The van der Waals surface area contributed by atoms with Gasteiger partial charge < -0.3 is 9.64 Å². The Bertz CT molecular complexity index is 370. The summed E-state index contributed by atoms with van der Waals surface area (Å²) in [7, 11) is 0. The van der Waals surface area contributed by atoms with E-state index >= 15 is 0 Å². The topological polar surface area (TPSA) is 12.5 Å². The molecule has 2 fully saturated rings. The second kappa shape index (κ2) is 5.41. The van der Waals surface area contributed by atoms with Crippen LogP contribution >= 0.6 is 0 Å². The van der Waals surface area contributed by atoms with Crippen LogP contribution in [0.1, 0.15) is 24.8 Å². The molecule has 0 aliphatic carbocycles. The molecule has 3 rings (SSSR count). The quantitative estimate of drug-likeness (QED) is 0.808. The number of aryl methyl sites for hydroxylation is 1. The second-order valence-corrected chi connectivity index (χ2v) is 5.92. The zero-order valence-corrected chi connectivity index (χ0v) is 11.1. The monoisotopic (exact) mass is 245 g/mol. The Morgan fingerprint density at radius 3 is 2.83 bits per heavy atom. The molecule has 0 unspecified atom stereocenters. The Morgan fingerprint density at radius 1 is 1.17 bits per heavy atom. The minimum absolute atomic E-state index is 0.521. The van der Waals surface area contributed by atoms with Crippen LogP contribution < -0.4 is 0 Å². The van der Waals surface area contributed by atoms with Gasteiger partial charge in [0.1, 0.15) is 0 Å². The van der Waals surface area contributed by atoms with Crippen molar-refractivity contribution in [2.24, 2.45) is 5.41 Å². The molecule has 18 heavy (non-hydrogen) atoms. The fourth-order valence-electron chi connectivity index (χ4n) is 3.34. The summed E-state index contributed by atoms with van der Waals surface area (Å²) in [6, 6.07) is 10.8. The fourth-order valence-corrected chi connectivity index (χ4v) is 3.34. The Hall–Kier alpha value is -0.860. The molecule has 2 aliphatic rings. The van der Waals surface area contributed by atoms with Crippen LogP contribution in [0, 0.1) is 5.41 Å². The van der Waals surface area contributed by atoms with E-state index in [2.05, 4.69) is 35.2 Å². The molecule has 2 heterocycles. The third-order valence-electron chi connectivity index (χ3n) is 4.48. The maximum Gasteiger partial charge on any atom is 0.0536 e. The van der Waals surface area contributed by atoms with Gasteiger partial charge in [0, 0.05) is 18.6 Å². The zero-order chi connectivity index (χ0) is 12.3. The molecular weight excluding hydrogens is 222 g/mol. The van der Waals surface area contributed by atoms with Gasteiger partial charge in [0.2, 0.25) is 0 Å². The van der Waals surface area contributed by atoms with E-state index in [1.807, 2.05) is 0 Å². The van der Waals surface area contributed by atoms with Crippen LogP contribution in [-0.2, 0) is 11.2 Å². The first kappa shape index (κ1) is 12.2. The van der Waals surface area contributed by atoms with Gasteiger partial charge >= 0.3 is 0 Å². The van der Waals surface area contributed by atoms with Crippen LogP contribution in [0.4, 0.5) is 0 Å². The van der Waals surface area contributed by atoms with Gasteiger partial charge in [-0.25, -0.2) is 0 Å². The fraction of sp³-hybridized carbons (Fsp3) is 0.625. The maximum atomic E-state index is 5.58. The molecule has 0 N–H and O–H groups in total. The van der Waals surface area contributed by atoms with Gasteiger partial charge in [-0.05, 0) is 44.3 Å². The van der Waals surface area contributed by atoms with E-state index in [1.54, 1.807) is 0 Å². The van der Waals surface area contributed by atoms with E-state index in [0.29, 0.717) is 5.41 Å². The number of nitrogens with zero attached hydrogens (tertiary/aromatic N) is 1. The third kappa shape index (κ3) is 2.76. The summed E-state index contributed by atoms with van der Waals surface area (Å²) < 4.78 is 5.58.